The summed E-state index contributed by atoms with van der Waals surface area (Å²) in [6.07, 6.45) is 0. The minimum absolute atomic E-state index is 1.26. The van der Waals surface area contributed by atoms with Gasteiger partial charge in [0.1, 0.15) is 0 Å². The van der Waals surface area contributed by atoms with Crippen LogP contribution in [-0.4, -0.2) is 9.13 Å². The summed E-state index contributed by atoms with van der Waals surface area (Å²) in [5, 5.41) is 20.6. The highest BCUT2D eigenvalue weighted by Gasteiger charge is 2.25. The van der Waals surface area contributed by atoms with Gasteiger partial charge >= 0.3 is 0 Å². The maximum Gasteiger partial charge on any atom is 0.0615 e. The molecule has 0 bridgehead atoms. The molecule has 0 saturated heterocycles. The molecule has 0 radical (unpaired) electrons. The Kier molecular flexibility index (Phi) is 5.81. The maximum atomic E-state index is 2.58. The van der Waals surface area contributed by atoms with Gasteiger partial charge in [0.2, 0.25) is 0 Å². The normalized spacial score (nSPS) is 12.4. The highest BCUT2D eigenvalue weighted by atomic mass is 15.0. The number of benzene rings is 10. The Bertz CT molecular complexity index is 3240. The van der Waals surface area contributed by atoms with Gasteiger partial charge in [-0.25, -0.2) is 0 Å². The summed E-state index contributed by atoms with van der Waals surface area (Å²) in [5.74, 6) is 0. The van der Waals surface area contributed by atoms with Crippen molar-refractivity contribution in [3.05, 3.63) is 168 Å². The fourth-order valence-electron chi connectivity index (χ4n) is 10.1. The molecule has 0 aliphatic rings. The number of hydrogen-bond donors (Lipinski definition) is 0. The van der Waals surface area contributed by atoms with Crippen molar-refractivity contribution in [3.63, 3.8) is 0 Å². The van der Waals surface area contributed by atoms with Crippen molar-refractivity contribution in [2.24, 2.45) is 0 Å². The highest BCUT2D eigenvalue weighted by molar-refractivity contribution is 6.33. The fraction of sp³-hybridized carbons (Fsp3) is 0.0769. The van der Waals surface area contributed by atoms with Crippen LogP contribution >= 0.6 is 0 Å². The number of aromatic nitrogens is 2. The van der Waals surface area contributed by atoms with E-state index in [4.69, 9.17) is 0 Å². The molecule has 12 aromatic rings. The smallest absolute Gasteiger partial charge is 0.0615 e. The van der Waals surface area contributed by atoms with Crippen molar-refractivity contribution in [2.75, 3.05) is 0 Å². The minimum Gasteiger partial charge on any atom is -0.312 e. The summed E-state index contributed by atoms with van der Waals surface area (Å²) < 4.78 is 5.16. The molecule has 2 nitrogen and oxygen atoms in total. The average molecular weight is 689 g/mol. The van der Waals surface area contributed by atoms with Gasteiger partial charge in [0, 0.05) is 54.5 Å². The third-order valence-electron chi connectivity index (χ3n) is 12.8. The van der Waals surface area contributed by atoms with Gasteiger partial charge in [-0.05, 0) is 106 Å². The molecule has 2 heterocycles. The van der Waals surface area contributed by atoms with Crippen LogP contribution in [0.4, 0.5) is 0 Å². The molecule has 0 atom stereocenters. The third kappa shape index (κ3) is 3.70. The molecule has 0 N–H and O–H groups in total. The standard InChI is InChI=1S/C52H36N2/c1-29-31(3)53(49-39-17-9-5-13-33(39)25-34-14-6-10-18-40(34)49)51-43-23-22-38-28-46-30(2)32(4)54(52(46)44-24-21-37(27-45(29)51)47(43)48(38)44)50-41-19-11-7-15-35(41)26-36-16-8-12-20-42(36)50/h5-28H,1-4H3. The lowest BCUT2D eigenvalue weighted by Gasteiger charge is -2.19. The zero-order valence-corrected chi connectivity index (χ0v) is 30.8. The maximum absolute atomic E-state index is 2.58. The Balaban J connectivity index is 1.27. The van der Waals surface area contributed by atoms with Crippen LogP contribution in [0.5, 0.6) is 0 Å². The molecule has 0 saturated carbocycles. The van der Waals surface area contributed by atoms with E-state index in [1.54, 1.807) is 0 Å². The second-order valence-corrected chi connectivity index (χ2v) is 15.4. The van der Waals surface area contributed by atoms with E-state index in [-0.39, 0.29) is 0 Å². The molecule has 0 spiro atoms. The molecule has 2 heteroatoms. The van der Waals surface area contributed by atoms with Crippen LogP contribution in [0.1, 0.15) is 22.5 Å². The molecule has 0 aliphatic heterocycles. The van der Waals surface area contributed by atoms with Crippen molar-refractivity contribution < 1.29 is 0 Å². The van der Waals surface area contributed by atoms with Crippen LogP contribution in [0, 0.1) is 27.7 Å². The van der Waals surface area contributed by atoms with Crippen molar-refractivity contribution in [3.8, 4) is 11.4 Å². The first kappa shape index (κ1) is 29.9. The van der Waals surface area contributed by atoms with E-state index in [1.807, 2.05) is 0 Å². The molecule has 0 unspecified atom stereocenters. The van der Waals surface area contributed by atoms with Gasteiger partial charge in [0.15, 0.2) is 0 Å². The quantitative estimate of drug-likeness (QED) is 0.126. The highest BCUT2D eigenvalue weighted by Crippen LogP contribution is 2.47. The zero-order valence-electron chi connectivity index (χ0n) is 30.8. The number of aryl methyl sites for hydroxylation is 2. The SMILES string of the molecule is Cc1c(C)n(-c2c3ccccc3cc3ccccc23)c2c1cc1ccc3c4c(ccc2c14)cc1c(C)c(C)n(-c2c4ccccc4cc4ccccc24)c13. The topological polar surface area (TPSA) is 9.86 Å². The fourth-order valence-corrected chi connectivity index (χ4v) is 10.1. The van der Waals surface area contributed by atoms with Gasteiger partial charge in [-0.15, -0.1) is 0 Å². The molecule has 0 fully saturated rings. The van der Waals surface area contributed by atoms with Crippen LogP contribution in [0.2, 0.25) is 0 Å². The van der Waals surface area contributed by atoms with Crippen LogP contribution in [0.15, 0.2) is 146 Å². The summed E-state index contributed by atoms with van der Waals surface area (Å²) in [6.45, 7) is 9.21. The van der Waals surface area contributed by atoms with E-state index in [2.05, 4.69) is 182 Å². The Hall–Kier alpha value is -6.64. The largest absolute Gasteiger partial charge is 0.312 e. The van der Waals surface area contributed by atoms with Crippen molar-refractivity contribution in [1.82, 2.24) is 9.13 Å². The third-order valence-corrected chi connectivity index (χ3v) is 12.8. The lowest BCUT2D eigenvalue weighted by molar-refractivity contribution is 1.06. The molecular weight excluding hydrogens is 653 g/mol. The Labute approximate surface area is 312 Å². The number of rotatable bonds is 2. The summed E-state index contributed by atoms with van der Waals surface area (Å²) >= 11 is 0. The minimum atomic E-state index is 1.26. The Morgan fingerprint density at radius 1 is 0.296 bits per heavy atom. The summed E-state index contributed by atoms with van der Waals surface area (Å²) in [4.78, 5) is 0. The van der Waals surface area contributed by atoms with Crippen molar-refractivity contribution >= 4 is 97.2 Å². The van der Waals surface area contributed by atoms with Crippen molar-refractivity contribution in [2.45, 2.75) is 27.7 Å². The predicted octanol–water partition coefficient (Wildman–Crippen LogP) is 14.3. The van der Waals surface area contributed by atoms with Crippen LogP contribution in [-0.2, 0) is 0 Å². The number of hydrogen-bond acceptors (Lipinski definition) is 0. The van der Waals surface area contributed by atoms with Crippen LogP contribution in [0.3, 0.4) is 0 Å². The van der Waals surface area contributed by atoms with E-state index in [1.165, 1.54) is 131 Å². The summed E-state index contributed by atoms with van der Waals surface area (Å²) in [6, 6.07) is 54.7. The lowest BCUT2D eigenvalue weighted by Crippen LogP contribution is -2.01. The predicted molar refractivity (Wildman–Crippen MR) is 233 cm³/mol. The van der Waals surface area contributed by atoms with Crippen LogP contribution in [0.25, 0.3) is 109 Å². The zero-order chi connectivity index (χ0) is 36.0. The second kappa shape index (κ2) is 10.5. The summed E-state index contributed by atoms with van der Waals surface area (Å²) in [7, 11) is 0. The van der Waals surface area contributed by atoms with E-state index < -0.39 is 0 Å². The average Bonchev–Trinajstić information content (AvgIpc) is 3.60. The van der Waals surface area contributed by atoms with E-state index in [0.29, 0.717) is 0 Å². The van der Waals surface area contributed by atoms with Crippen molar-refractivity contribution in [1.29, 1.82) is 0 Å². The molecule has 254 valence electrons. The lowest BCUT2D eigenvalue weighted by atomic mass is 9.90. The van der Waals surface area contributed by atoms with Gasteiger partial charge in [-0.3, -0.25) is 0 Å². The Morgan fingerprint density at radius 2 is 0.630 bits per heavy atom. The first-order chi connectivity index (χ1) is 26.5. The monoisotopic (exact) mass is 688 g/mol. The van der Waals surface area contributed by atoms with Gasteiger partial charge in [0.05, 0.1) is 22.4 Å². The molecule has 2 aromatic heterocycles. The van der Waals surface area contributed by atoms with E-state index >= 15 is 0 Å². The summed E-state index contributed by atoms with van der Waals surface area (Å²) in [5.41, 5.74) is 10.3. The number of nitrogens with zero attached hydrogens (tertiary/aromatic N) is 2. The molecule has 0 amide bonds. The molecular formula is C52H36N2. The number of fused-ring (bicyclic) bond motifs is 8. The Morgan fingerprint density at radius 3 is 0.981 bits per heavy atom. The molecule has 54 heavy (non-hydrogen) atoms. The van der Waals surface area contributed by atoms with E-state index in [9.17, 15) is 0 Å². The van der Waals surface area contributed by atoms with Gasteiger partial charge in [-0.1, -0.05) is 121 Å². The van der Waals surface area contributed by atoms with E-state index in [0.717, 1.165) is 0 Å². The molecule has 0 aliphatic carbocycles. The first-order valence-corrected chi connectivity index (χ1v) is 19.0. The van der Waals surface area contributed by atoms with Crippen LogP contribution < -0.4 is 0 Å². The van der Waals surface area contributed by atoms with Gasteiger partial charge in [-0.2, -0.15) is 0 Å². The molecule has 12 rings (SSSR count). The second-order valence-electron chi connectivity index (χ2n) is 15.4. The van der Waals surface area contributed by atoms with Gasteiger partial charge in [0.25, 0.3) is 0 Å². The first-order valence-electron chi connectivity index (χ1n) is 19.0. The molecule has 10 aromatic carbocycles. The van der Waals surface area contributed by atoms with Gasteiger partial charge < -0.3 is 9.13 Å².